The van der Waals surface area contributed by atoms with Crippen LogP contribution in [0.15, 0.2) is 53.5 Å². The molecule has 0 unspecified atom stereocenters. The maximum absolute atomic E-state index is 11.9. The molecule has 6 nitrogen and oxygen atoms in total. The standard InChI is InChI=1S/C17H15ClN4O2/c1-24-16-13(3-2-8-19-16)14-9-15(23)22-17(21-14)20-10-11-4-6-12(18)7-5-11/h2-9H,10H2,1H3,(H2,20,21,22,23). The molecule has 24 heavy (non-hydrogen) atoms. The van der Waals surface area contributed by atoms with Crippen molar-refractivity contribution < 1.29 is 4.74 Å². The molecule has 0 amide bonds. The topological polar surface area (TPSA) is 79.9 Å². The summed E-state index contributed by atoms with van der Waals surface area (Å²) in [5.41, 5.74) is 1.90. The van der Waals surface area contributed by atoms with Gasteiger partial charge < -0.3 is 10.1 Å². The van der Waals surface area contributed by atoms with E-state index in [0.29, 0.717) is 34.7 Å². The van der Waals surface area contributed by atoms with Crippen molar-refractivity contribution in [2.75, 3.05) is 12.4 Å². The fraction of sp³-hybridized carbons (Fsp3) is 0.118. The smallest absolute Gasteiger partial charge is 0.252 e. The SMILES string of the molecule is COc1ncccc1-c1cc(=O)[nH]c(NCc2ccc(Cl)cc2)n1. The van der Waals surface area contributed by atoms with Crippen LogP contribution < -0.4 is 15.6 Å². The van der Waals surface area contributed by atoms with Crippen LogP contribution in [0.1, 0.15) is 5.56 Å². The van der Waals surface area contributed by atoms with Gasteiger partial charge in [0.05, 0.1) is 18.4 Å². The molecule has 122 valence electrons. The fourth-order valence-corrected chi connectivity index (χ4v) is 2.34. The van der Waals surface area contributed by atoms with Crippen molar-refractivity contribution in [3.8, 4) is 17.1 Å². The zero-order valence-electron chi connectivity index (χ0n) is 12.9. The van der Waals surface area contributed by atoms with Gasteiger partial charge in [-0.2, -0.15) is 0 Å². The Morgan fingerprint density at radius 1 is 1.25 bits per heavy atom. The molecule has 0 saturated carbocycles. The monoisotopic (exact) mass is 342 g/mol. The van der Waals surface area contributed by atoms with Gasteiger partial charge in [0.15, 0.2) is 0 Å². The van der Waals surface area contributed by atoms with E-state index in [0.717, 1.165) is 5.56 Å². The second kappa shape index (κ2) is 7.14. The lowest BCUT2D eigenvalue weighted by Crippen LogP contribution is -2.13. The number of aromatic nitrogens is 3. The molecule has 2 N–H and O–H groups in total. The Morgan fingerprint density at radius 2 is 2.04 bits per heavy atom. The Hall–Kier alpha value is -2.86. The lowest BCUT2D eigenvalue weighted by molar-refractivity contribution is 0.399. The first-order chi connectivity index (χ1) is 11.7. The number of methoxy groups -OCH3 is 1. The second-order valence-corrected chi connectivity index (χ2v) is 5.46. The maximum atomic E-state index is 11.9. The van der Waals surface area contributed by atoms with E-state index in [1.54, 1.807) is 18.3 Å². The summed E-state index contributed by atoms with van der Waals surface area (Å²) >= 11 is 5.87. The number of hydrogen-bond donors (Lipinski definition) is 2. The third-order valence-corrected chi connectivity index (χ3v) is 3.61. The molecule has 0 atom stereocenters. The van der Waals surface area contributed by atoms with E-state index in [4.69, 9.17) is 16.3 Å². The first-order valence-corrected chi connectivity index (χ1v) is 7.62. The van der Waals surface area contributed by atoms with Gasteiger partial charge in [-0.25, -0.2) is 9.97 Å². The molecule has 2 aromatic heterocycles. The summed E-state index contributed by atoms with van der Waals surface area (Å²) in [6, 6.07) is 12.4. The highest BCUT2D eigenvalue weighted by Crippen LogP contribution is 2.25. The molecule has 0 aliphatic carbocycles. The van der Waals surface area contributed by atoms with Gasteiger partial charge in [0.2, 0.25) is 11.8 Å². The Balaban J connectivity index is 1.86. The number of hydrogen-bond acceptors (Lipinski definition) is 5. The number of nitrogens with one attached hydrogen (secondary N) is 2. The zero-order chi connectivity index (χ0) is 16.9. The molecule has 3 rings (SSSR count). The minimum absolute atomic E-state index is 0.260. The van der Waals surface area contributed by atoms with Crippen molar-refractivity contribution >= 4 is 17.5 Å². The van der Waals surface area contributed by atoms with Crippen LogP contribution in [-0.4, -0.2) is 22.1 Å². The summed E-state index contributed by atoms with van der Waals surface area (Å²) < 4.78 is 5.22. The Kier molecular flexibility index (Phi) is 4.77. The lowest BCUT2D eigenvalue weighted by Gasteiger charge is -2.09. The summed E-state index contributed by atoms with van der Waals surface area (Å²) in [5, 5.41) is 3.77. The number of halogens is 1. The highest BCUT2D eigenvalue weighted by molar-refractivity contribution is 6.30. The predicted molar refractivity (Wildman–Crippen MR) is 93.4 cm³/mol. The van der Waals surface area contributed by atoms with Crippen molar-refractivity contribution in [2.24, 2.45) is 0 Å². The number of rotatable bonds is 5. The van der Waals surface area contributed by atoms with Crippen molar-refractivity contribution in [1.29, 1.82) is 0 Å². The number of H-pyrrole nitrogens is 1. The number of nitrogens with zero attached hydrogens (tertiary/aromatic N) is 2. The molecule has 0 radical (unpaired) electrons. The molecule has 7 heteroatoms. The Morgan fingerprint density at radius 3 is 2.79 bits per heavy atom. The van der Waals surface area contributed by atoms with Crippen molar-refractivity contribution in [2.45, 2.75) is 6.54 Å². The Labute approximate surface area is 143 Å². The summed E-state index contributed by atoms with van der Waals surface area (Å²) in [6.45, 7) is 0.508. The number of pyridine rings is 1. The van der Waals surface area contributed by atoms with E-state index in [2.05, 4.69) is 20.3 Å². The van der Waals surface area contributed by atoms with Crippen LogP contribution >= 0.6 is 11.6 Å². The average molecular weight is 343 g/mol. The minimum Gasteiger partial charge on any atom is -0.481 e. The fourth-order valence-electron chi connectivity index (χ4n) is 2.22. The summed E-state index contributed by atoms with van der Waals surface area (Å²) in [5.74, 6) is 0.789. The van der Waals surface area contributed by atoms with Crippen molar-refractivity contribution in [3.05, 3.63) is 69.6 Å². The van der Waals surface area contributed by atoms with Gasteiger partial charge in [-0.05, 0) is 29.8 Å². The first kappa shape index (κ1) is 16.0. The first-order valence-electron chi connectivity index (χ1n) is 7.25. The number of anilines is 1. The molecular weight excluding hydrogens is 328 g/mol. The molecule has 3 aromatic rings. The van der Waals surface area contributed by atoms with E-state index < -0.39 is 0 Å². The predicted octanol–water partition coefficient (Wildman–Crippen LogP) is 3.11. The van der Waals surface area contributed by atoms with E-state index in [1.165, 1.54) is 13.2 Å². The molecule has 0 bridgehead atoms. The highest BCUT2D eigenvalue weighted by atomic mass is 35.5. The van der Waals surface area contributed by atoms with E-state index in [-0.39, 0.29) is 5.56 Å². The molecule has 0 spiro atoms. The number of benzene rings is 1. The summed E-state index contributed by atoms with van der Waals surface area (Å²) in [7, 11) is 1.53. The van der Waals surface area contributed by atoms with Gasteiger partial charge in [-0.15, -0.1) is 0 Å². The molecule has 1 aromatic carbocycles. The van der Waals surface area contributed by atoms with Crippen LogP contribution in [0.25, 0.3) is 11.3 Å². The van der Waals surface area contributed by atoms with Gasteiger partial charge in [0.1, 0.15) is 0 Å². The molecule has 0 aliphatic rings. The largest absolute Gasteiger partial charge is 0.481 e. The van der Waals surface area contributed by atoms with E-state index in [1.807, 2.05) is 24.3 Å². The summed E-state index contributed by atoms with van der Waals surface area (Å²) in [4.78, 5) is 23.2. The van der Waals surface area contributed by atoms with Crippen molar-refractivity contribution in [3.63, 3.8) is 0 Å². The van der Waals surface area contributed by atoms with Crippen LogP contribution in [0.3, 0.4) is 0 Å². The Bertz CT molecular complexity index is 894. The maximum Gasteiger partial charge on any atom is 0.252 e. The van der Waals surface area contributed by atoms with Gasteiger partial charge in [-0.1, -0.05) is 23.7 Å². The van der Waals surface area contributed by atoms with Crippen LogP contribution in [0, 0.1) is 0 Å². The van der Waals surface area contributed by atoms with Gasteiger partial charge in [-0.3, -0.25) is 9.78 Å². The molecule has 0 saturated heterocycles. The third-order valence-electron chi connectivity index (χ3n) is 3.36. The normalized spacial score (nSPS) is 10.4. The zero-order valence-corrected chi connectivity index (χ0v) is 13.7. The third kappa shape index (κ3) is 3.72. The van der Waals surface area contributed by atoms with Crippen molar-refractivity contribution in [1.82, 2.24) is 15.0 Å². The molecule has 0 aliphatic heterocycles. The lowest BCUT2D eigenvalue weighted by atomic mass is 10.2. The quantitative estimate of drug-likeness (QED) is 0.744. The second-order valence-electron chi connectivity index (χ2n) is 5.02. The number of ether oxygens (including phenoxy) is 1. The molecular formula is C17H15ClN4O2. The minimum atomic E-state index is -0.260. The molecule has 0 fully saturated rings. The van der Waals surface area contributed by atoms with Gasteiger partial charge in [0.25, 0.3) is 5.56 Å². The van der Waals surface area contributed by atoms with Crippen LogP contribution in [0.2, 0.25) is 5.02 Å². The van der Waals surface area contributed by atoms with E-state index >= 15 is 0 Å². The number of aromatic amines is 1. The molecule has 2 heterocycles. The van der Waals surface area contributed by atoms with Crippen LogP contribution in [-0.2, 0) is 6.54 Å². The van der Waals surface area contributed by atoms with Gasteiger partial charge in [0, 0.05) is 23.8 Å². The average Bonchev–Trinajstić information content (AvgIpc) is 2.61. The summed E-state index contributed by atoms with van der Waals surface area (Å²) in [6.07, 6.45) is 1.62. The highest BCUT2D eigenvalue weighted by Gasteiger charge is 2.10. The van der Waals surface area contributed by atoms with E-state index in [9.17, 15) is 4.79 Å². The van der Waals surface area contributed by atoms with Crippen LogP contribution in [0.5, 0.6) is 5.88 Å². The van der Waals surface area contributed by atoms with Crippen LogP contribution in [0.4, 0.5) is 5.95 Å². The van der Waals surface area contributed by atoms with Gasteiger partial charge >= 0.3 is 0 Å².